The molecule has 8 nitrogen and oxygen atoms in total. The number of nitrogens with zero attached hydrogens (tertiary/aromatic N) is 4. The second-order valence-corrected chi connectivity index (χ2v) is 5.18. The van der Waals surface area contributed by atoms with Gasteiger partial charge in [-0.1, -0.05) is 49.6 Å². The van der Waals surface area contributed by atoms with Gasteiger partial charge < -0.3 is 19.9 Å². The van der Waals surface area contributed by atoms with Crippen LogP contribution in [0, 0.1) is 24.8 Å². The predicted molar refractivity (Wildman–Crippen MR) is 106 cm³/mol. The van der Waals surface area contributed by atoms with E-state index in [0.29, 0.717) is 0 Å². The molecule has 2 N–H and O–H groups in total. The number of hydrogen-bond acceptors (Lipinski definition) is 6. The summed E-state index contributed by atoms with van der Waals surface area (Å²) in [5.41, 5.74) is 0. The summed E-state index contributed by atoms with van der Waals surface area (Å²) in [6.07, 6.45) is 17.3. The zero-order valence-electron chi connectivity index (χ0n) is 15.4. The van der Waals surface area contributed by atoms with Gasteiger partial charge in [0.1, 0.15) is 0 Å². The van der Waals surface area contributed by atoms with Crippen LogP contribution in [0.5, 0.6) is 0 Å². The molecule has 0 aliphatic rings. The van der Waals surface area contributed by atoms with Gasteiger partial charge in [-0.3, -0.25) is 9.11 Å². The first-order valence-electron chi connectivity index (χ1n) is 7.78. The van der Waals surface area contributed by atoms with Gasteiger partial charge in [-0.15, -0.1) is 0 Å². The molecule has 0 amide bonds. The second kappa shape index (κ2) is 22.5. The summed E-state index contributed by atoms with van der Waals surface area (Å²) in [5.74, 6) is 0. The summed E-state index contributed by atoms with van der Waals surface area (Å²) >= 11 is 0. The van der Waals surface area contributed by atoms with Crippen molar-refractivity contribution < 1.29 is 39.9 Å². The molecule has 4 heterocycles. The van der Waals surface area contributed by atoms with Crippen LogP contribution in [-0.2, 0) is 32.8 Å². The number of pyridine rings is 4. The van der Waals surface area contributed by atoms with Crippen LogP contribution in [0.2, 0.25) is 0 Å². The maximum Gasteiger partial charge on any atom is 0.394 e. The molecule has 4 rings (SSSR count). The zero-order chi connectivity index (χ0) is 21.5. The molecule has 0 fully saturated rings. The van der Waals surface area contributed by atoms with Crippen molar-refractivity contribution in [3.63, 3.8) is 0 Å². The Morgan fingerprint density at radius 3 is 0.733 bits per heavy atom. The molecule has 0 saturated carbocycles. The van der Waals surface area contributed by atoms with Gasteiger partial charge in [-0.25, -0.2) is 0 Å². The Labute approximate surface area is 192 Å². The molecule has 4 aromatic rings. The van der Waals surface area contributed by atoms with Gasteiger partial charge in [-0.05, 0) is 0 Å². The van der Waals surface area contributed by atoms with Crippen molar-refractivity contribution >= 4 is 10.4 Å². The molecular weight excluding hydrogens is 500 g/mol. The zero-order valence-corrected chi connectivity index (χ0v) is 17.7. The summed E-state index contributed by atoms with van der Waals surface area (Å²) in [7, 11) is -4.67. The Hall–Kier alpha value is -2.79. The predicted octanol–water partition coefficient (Wildman–Crippen LogP) is 2.87. The average Bonchev–Trinajstić information content (AvgIpc) is 2.79. The molecule has 0 saturated heterocycles. The van der Waals surface area contributed by atoms with Crippen molar-refractivity contribution in [3.05, 3.63) is 122 Å². The maximum atomic E-state index is 8.74. The van der Waals surface area contributed by atoms with E-state index in [-0.39, 0.29) is 22.4 Å². The first-order valence-corrected chi connectivity index (χ1v) is 9.18. The van der Waals surface area contributed by atoms with Crippen molar-refractivity contribution in [1.29, 1.82) is 0 Å². The molecule has 4 aromatic heterocycles. The fourth-order valence-corrected chi connectivity index (χ4v) is 1.11. The summed E-state index contributed by atoms with van der Waals surface area (Å²) in [6.45, 7) is 0. The molecule has 30 heavy (non-hydrogen) atoms. The molecular formula is C20H18AgN4O4S-4. The molecule has 0 aliphatic heterocycles. The molecule has 0 aliphatic carbocycles. The summed E-state index contributed by atoms with van der Waals surface area (Å²) in [5, 5.41) is 0. The van der Waals surface area contributed by atoms with E-state index in [4.69, 9.17) is 17.5 Å². The molecule has 1 radical (unpaired) electrons. The van der Waals surface area contributed by atoms with Crippen LogP contribution in [0.25, 0.3) is 0 Å². The van der Waals surface area contributed by atoms with Crippen LogP contribution < -0.4 is 0 Å². The molecule has 0 bridgehead atoms. The molecule has 163 valence electrons. The second-order valence-electron chi connectivity index (χ2n) is 4.28. The quantitative estimate of drug-likeness (QED) is 0.207. The fraction of sp³-hybridized carbons (Fsp3) is 0. The van der Waals surface area contributed by atoms with E-state index < -0.39 is 10.4 Å². The van der Waals surface area contributed by atoms with E-state index in [0.717, 1.165) is 0 Å². The third kappa shape index (κ3) is 32.8. The van der Waals surface area contributed by atoms with E-state index in [9.17, 15) is 0 Å². The van der Waals surface area contributed by atoms with E-state index >= 15 is 0 Å². The minimum atomic E-state index is -4.67. The molecule has 0 unspecified atom stereocenters. The smallest absolute Gasteiger partial charge is 0.394 e. The van der Waals surface area contributed by atoms with Gasteiger partial charge in [0.15, 0.2) is 0 Å². The Morgan fingerprint density at radius 1 is 0.500 bits per heavy atom. The number of hydrogen-bond donors (Lipinski definition) is 2. The first-order chi connectivity index (χ1) is 14.0. The first kappa shape index (κ1) is 29.4. The number of aromatic nitrogens is 4. The van der Waals surface area contributed by atoms with Crippen molar-refractivity contribution in [1.82, 2.24) is 19.9 Å². The maximum absolute atomic E-state index is 8.74. The normalized spacial score (nSPS) is 8.33. The Morgan fingerprint density at radius 2 is 0.700 bits per heavy atom. The third-order valence-corrected chi connectivity index (χ3v) is 2.07. The molecule has 0 atom stereocenters. The van der Waals surface area contributed by atoms with Crippen LogP contribution in [0.4, 0.5) is 0 Å². The summed E-state index contributed by atoms with van der Waals surface area (Å²) in [4.78, 5) is 14.6. The van der Waals surface area contributed by atoms with Gasteiger partial charge in [-0.2, -0.15) is 81.2 Å². The van der Waals surface area contributed by atoms with Crippen molar-refractivity contribution in [2.45, 2.75) is 0 Å². The largest absolute Gasteiger partial charge is 0.394 e. The summed E-state index contributed by atoms with van der Waals surface area (Å²) < 4.78 is 31.6. The molecule has 10 heteroatoms. The van der Waals surface area contributed by atoms with E-state index in [2.05, 4.69) is 44.7 Å². The van der Waals surface area contributed by atoms with Crippen molar-refractivity contribution in [2.75, 3.05) is 0 Å². The Kier molecular flexibility index (Phi) is 22.1. The Bertz CT molecular complexity index is 652. The molecule has 0 aromatic carbocycles. The Balaban J connectivity index is 0. The van der Waals surface area contributed by atoms with Crippen LogP contribution >= 0.6 is 0 Å². The van der Waals surface area contributed by atoms with Crippen LogP contribution in [0.15, 0.2) is 97.6 Å². The average molecular weight is 518 g/mol. The standard InChI is InChI=1S/4C5H4N.Ag.H2O4S/c4*1-2-4-6-5-3-1;;1-5(2,3)4/h4*1-4H;;(H2,1,2,3,4)/q4*-1;;. The minimum absolute atomic E-state index is 0. The van der Waals surface area contributed by atoms with Crippen molar-refractivity contribution in [3.8, 4) is 0 Å². The third-order valence-electron chi connectivity index (χ3n) is 2.07. The fourth-order valence-electron chi connectivity index (χ4n) is 1.11. The van der Waals surface area contributed by atoms with E-state index in [1.165, 1.54) is 0 Å². The van der Waals surface area contributed by atoms with Gasteiger partial charge in [0.05, 0.1) is 0 Å². The monoisotopic (exact) mass is 517 g/mol. The SMILES string of the molecule is O=S(=O)(O)O.[Ag].[c-]1ccccn1.[c-]1ccccn1.[c-]1ccccn1.[c-]1ccccn1. The van der Waals surface area contributed by atoms with Gasteiger partial charge in [0.25, 0.3) is 0 Å². The minimum Gasteiger partial charge on any atom is -0.394 e. The molecule has 0 spiro atoms. The van der Waals surface area contributed by atoms with Gasteiger partial charge >= 0.3 is 10.4 Å². The summed E-state index contributed by atoms with van der Waals surface area (Å²) in [6, 6.07) is 22.0. The van der Waals surface area contributed by atoms with Crippen LogP contribution in [-0.4, -0.2) is 37.5 Å². The van der Waals surface area contributed by atoms with Gasteiger partial charge in [0.2, 0.25) is 0 Å². The van der Waals surface area contributed by atoms with Crippen molar-refractivity contribution in [2.24, 2.45) is 0 Å². The van der Waals surface area contributed by atoms with Crippen LogP contribution in [0.1, 0.15) is 0 Å². The number of rotatable bonds is 0. The van der Waals surface area contributed by atoms with Crippen LogP contribution in [0.3, 0.4) is 0 Å². The van der Waals surface area contributed by atoms with E-state index in [1.807, 2.05) is 48.5 Å². The van der Waals surface area contributed by atoms with Gasteiger partial charge in [0, 0.05) is 22.4 Å². The topological polar surface area (TPSA) is 126 Å². The van der Waals surface area contributed by atoms with E-state index in [1.54, 1.807) is 49.1 Å².